The Hall–Kier alpha value is -0.780. The molecule has 0 heterocycles. The molecule has 92 valence electrons. The summed E-state index contributed by atoms with van der Waals surface area (Å²) in [5, 5.41) is 0. The van der Waals surface area contributed by atoms with E-state index in [9.17, 15) is 0 Å². The molecule has 16 heavy (non-hydrogen) atoms. The van der Waals surface area contributed by atoms with Crippen molar-refractivity contribution in [2.24, 2.45) is 0 Å². The number of allylic oxidation sites excluding steroid dienone is 2. The van der Waals surface area contributed by atoms with Gasteiger partial charge in [0, 0.05) is 6.61 Å². The van der Waals surface area contributed by atoms with Crippen LogP contribution >= 0.6 is 0 Å². The summed E-state index contributed by atoms with van der Waals surface area (Å²) in [4.78, 5) is 0. The standard InChI is InChI=1S/C14H24O2/c1-7-14(6,11-9-10-12(3)4)16-13(5)15-8-2/h1,10,13H,8-9,11H2,2-6H3/t13-,14-/m0/s1. The van der Waals surface area contributed by atoms with Crippen LogP contribution in [-0.2, 0) is 9.47 Å². The fraction of sp³-hybridized carbons (Fsp3) is 0.714. The summed E-state index contributed by atoms with van der Waals surface area (Å²) in [6, 6.07) is 0. The topological polar surface area (TPSA) is 18.5 Å². The third kappa shape index (κ3) is 6.66. The summed E-state index contributed by atoms with van der Waals surface area (Å²) >= 11 is 0. The summed E-state index contributed by atoms with van der Waals surface area (Å²) in [5.74, 6) is 2.71. The highest BCUT2D eigenvalue weighted by Crippen LogP contribution is 2.20. The molecule has 0 radical (unpaired) electrons. The van der Waals surface area contributed by atoms with E-state index in [-0.39, 0.29) is 6.29 Å². The Bertz CT molecular complexity index is 258. The second-order valence-electron chi connectivity index (χ2n) is 4.34. The highest BCUT2D eigenvalue weighted by molar-refractivity contribution is 5.07. The zero-order chi connectivity index (χ0) is 12.6. The van der Waals surface area contributed by atoms with Gasteiger partial charge < -0.3 is 9.47 Å². The molecule has 0 aliphatic rings. The SMILES string of the molecule is C#C[C@@](C)(CCC=C(C)C)O[C@@H](C)OCC. The largest absolute Gasteiger partial charge is 0.353 e. The number of hydrogen-bond donors (Lipinski definition) is 0. The van der Waals surface area contributed by atoms with Gasteiger partial charge in [0.1, 0.15) is 5.60 Å². The molecule has 0 rings (SSSR count). The molecule has 0 amide bonds. The van der Waals surface area contributed by atoms with Crippen LogP contribution in [0.1, 0.15) is 47.5 Å². The zero-order valence-corrected chi connectivity index (χ0v) is 11.2. The van der Waals surface area contributed by atoms with Gasteiger partial charge in [-0.2, -0.15) is 0 Å². The van der Waals surface area contributed by atoms with Crippen LogP contribution < -0.4 is 0 Å². The molecule has 0 aliphatic carbocycles. The monoisotopic (exact) mass is 224 g/mol. The second-order valence-corrected chi connectivity index (χ2v) is 4.34. The average molecular weight is 224 g/mol. The van der Waals surface area contributed by atoms with E-state index >= 15 is 0 Å². The van der Waals surface area contributed by atoms with Crippen LogP contribution in [0, 0.1) is 12.3 Å². The molecule has 0 saturated carbocycles. The maximum absolute atomic E-state index is 5.72. The molecule has 0 aromatic carbocycles. The van der Waals surface area contributed by atoms with Crippen molar-refractivity contribution in [1.29, 1.82) is 0 Å². The molecule has 2 heteroatoms. The molecule has 0 saturated heterocycles. The normalized spacial score (nSPS) is 16.0. The predicted octanol–water partition coefficient (Wildman–Crippen LogP) is 3.52. The van der Waals surface area contributed by atoms with Crippen molar-refractivity contribution in [3.8, 4) is 12.3 Å². The Kier molecular flexibility index (Phi) is 7.12. The first-order chi connectivity index (χ1) is 7.43. The first kappa shape index (κ1) is 15.2. The van der Waals surface area contributed by atoms with Crippen LogP contribution in [0.4, 0.5) is 0 Å². The summed E-state index contributed by atoms with van der Waals surface area (Å²) in [5.41, 5.74) is 0.762. The minimum Gasteiger partial charge on any atom is -0.353 e. The maximum atomic E-state index is 5.72. The average Bonchev–Trinajstić information content (AvgIpc) is 2.17. The van der Waals surface area contributed by atoms with Gasteiger partial charge in [-0.25, -0.2) is 0 Å². The van der Waals surface area contributed by atoms with Gasteiger partial charge in [-0.3, -0.25) is 0 Å². The summed E-state index contributed by atoms with van der Waals surface area (Å²) in [6.07, 6.45) is 9.18. The van der Waals surface area contributed by atoms with Gasteiger partial charge in [-0.15, -0.1) is 6.42 Å². The van der Waals surface area contributed by atoms with Crippen LogP contribution in [0.2, 0.25) is 0 Å². The number of rotatable bonds is 7. The molecule has 0 unspecified atom stereocenters. The number of ether oxygens (including phenoxy) is 2. The van der Waals surface area contributed by atoms with Crippen molar-refractivity contribution in [3.63, 3.8) is 0 Å². The Morgan fingerprint density at radius 2 is 2.12 bits per heavy atom. The number of terminal acetylenes is 1. The molecule has 0 bridgehead atoms. The Balaban J connectivity index is 4.21. The summed E-state index contributed by atoms with van der Waals surface area (Å²) < 4.78 is 11.1. The molecule has 2 atom stereocenters. The van der Waals surface area contributed by atoms with Gasteiger partial charge in [0.05, 0.1) is 0 Å². The predicted molar refractivity (Wildman–Crippen MR) is 68.1 cm³/mol. The Morgan fingerprint density at radius 3 is 2.56 bits per heavy atom. The van der Waals surface area contributed by atoms with E-state index < -0.39 is 5.60 Å². The van der Waals surface area contributed by atoms with Crippen LogP contribution in [-0.4, -0.2) is 18.5 Å². The van der Waals surface area contributed by atoms with Crippen LogP contribution in [0.15, 0.2) is 11.6 Å². The summed E-state index contributed by atoms with van der Waals surface area (Å²) in [7, 11) is 0. The van der Waals surface area contributed by atoms with Crippen molar-refractivity contribution < 1.29 is 9.47 Å². The molecule has 0 spiro atoms. The smallest absolute Gasteiger partial charge is 0.156 e. The van der Waals surface area contributed by atoms with Gasteiger partial charge >= 0.3 is 0 Å². The third-order valence-electron chi connectivity index (χ3n) is 2.31. The molecule has 0 aromatic heterocycles. The Labute approximate surface area is 100 Å². The Morgan fingerprint density at radius 1 is 1.50 bits per heavy atom. The van der Waals surface area contributed by atoms with Crippen molar-refractivity contribution in [1.82, 2.24) is 0 Å². The lowest BCUT2D eigenvalue weighted by molar-refractivity contribution is -0.176. The van der Waals surface area contributed by atoms with Gasteiger partial charge in [-0.1, -0.05) is 17.6 Å². The van der Waals surface area contributed by atoms with Crippen LogP contribution in [0.5, 0.6) is 0 Å². The second kappa shape index (κ2) is 7.49. The van der Waals surface area contributed by atoms with Gasteiger partial charge in [0.25, 0.3) is 0 Å². The highest BCUT2D eigenvalue weighted by atomic mass is 16.7. The van der Waals surface area contributed by atoms with Gasteiger partial charge in [0.2, 0.25) is 0 Å². The van der Waals surface area contributed by atoms with E-state index in [4.69, 9.17) is 15.9 Å². The number of hydrogen-bond acceptors (Lipinski definition) is 2. The van der Waals surface area contributed by atoms with E-state index in [0.717, 1.165) is 12.8 Å². The van der Waals surface area contributed by atoms with E-state index in [1.807, 2.05) is 20.8 Å². The molecule has 0 aromatic rings. The van der Waals surface area contributed by atoms with E-state index in [2.05, 4.69) is 25.8 Å². The van der Waals surface area contributed by atoms with E-state index in [1.54, 1.807) is 0 Å². The molecular weight excluding hydrogens is 200 g/mol. The summed E-state index contributed by atoms with van der Waals surface area (Å²) in [6.45, 7) is 10.5. The van der Waals surface area contributed by atoms with Crippen molar-refractivity contribution in [2.75, 3.05) is 6.61 Å². The third-order valence-corrected chi connectivity index (χ3v) is 2.31. The first-order valence-electron chi connectivity index (χ1n) is 5.84. The quantitative estimate of drug-likeness (QED) is 0.374. The van der Waals surface area contributed by atoms with E-state index in [0.29, 0.717) is 6.61 Å². The van der Waals surface area contributed by atoms with Crippen LogP contribution in [0.3, 0.4) is 0 Å². The van der Waals surface area contributed by atoms with Crippen LogP contribution in [0.25, 0.3) is 0 Å². The van der Waals surface area contributed by atoms with Gasteiger partial charge in [0.15, 0.2) is 6.29 Å². The lowest BCUT2D eigenvalue weighted by Gasteiger charge is -2.27. The van der Waals surface area contributed by atoms with Crippen molar-refractivity contribution >= 4 is 0 Å². The van der Waals surface area contributed by atoms with Crippen molar-refractivity contribution in [2.45, 2.75) is 59.4 Å². The highest BCUT2D eigenvalue weighted by Gasteiger charge is 2.24. The first-order valence-corrected chi connectivity index (χ1v) is 5.84. The lowest BCUT2D eigenvalue weighted by atomic mass is 10.00. The van der Waals surface area contributed by atoms with Crippen molar-refractivity contribution in [3.05, 3.63) is 11.6 Å². The van der Waals surface area contributed by atoms with E-state index in [1.165, 1.54) is 5.57 Å². The minimum atomic E-state index is -0.541. The molecule has 0 aliphatic heterocycles. The molecule has 0 N–H and O–H groups in total. The van der Waals surface area contributed by atoms with Gasteiger partial charge in [-0.05, 0) is 47.5 Å². The lowest BCUT2D eigenvalue weighted by Crippen LogP contribution is -2.32. The fourth-order valence-corrected chi connectivity index (χ4v) is 1.44. The fourth-order valence-electron chi connectivity index (χ4n) is 1.44. The molecule has 2 nitrogen and oxygen atoms in total. The minimum absolute atomic E-state index is 0.252. The molecular formula is C14H24O2. The molecule has 0 fully saturated rings. The zero-order valence-electron chi connectivity index (χ0n) is 11.2. The maximum Gasteiger partial charge on any atom is 0.156 e.